The van der Waals surface area contributed by atoms with Gasteiger partial charge in [0.05, 0.1) is 11.8 Å². The third-order valence-corrected chi connectivity index (χ3v) is 2.72. The number of hydrogen-bond donors (Lipinski definition) is 2. The molecule has 0 fully saturated rings. The number of aliphatic hydroxyl groups is 1. The lowest BCUT2D eigenvalue weighted by Gasteiger charge is -2.08. The molecule has 1 atom stereocenters. The van der Waals surface area contributed by atoms with Crippen LogP contribution in [0.3, 0.4) is 0 Å². The Balaban J connectivity index is 2.44. The van der Waals surface area contributed by atoms with Gasteiger partial charge in [-0.15, -0.1) is 0 Å². The molecule has 0 aliphatic rings. The summed E-state index contributed by atoms with van der Waals surface area (Å²) in [6.45, 7) is 1.78. The van der Waals surface area contributed by atoms with E-state index in [1.165, 1.54) is 0 Å². The van der Waals surface area contributed by atoms with Crippen LogP contribution in [0, 0.1) is 0 Å². The molecule has 0 spiro atoms. The van der Waals surface area contributed by atoms with Crippen molar-refractivity contribution in [1.82, 2.24) is 9.78 Å². The molecule has 2 rings (SSSR count). The molecule has 0 aliphatic carbocycles. The predicted octanol–water partition coefficient (Wildman–Crippen LogP) is 1.59. The molecular formula is C13H17N3O. The quantitative estimate of drug-likeness (QED) is 0.843. The van der Waals surface area contributed by atoms with Crippen LogP contribution in [0.1, 0.15) is 12.5 Å². The molecule has 1 heterocycles. The fraction of sp³-hybridized carbons (Fsp3) is 0.308. The van der Waals surface area contributed by atoms with Crippen LogP contribution in [0.2, 0.25) is 0 Å². The van der Waals surface area contributed by atoms with Crippen molar-refractivity contribution in [3.63, 3.8) is 0 Å². The number of aromatic nitrogens is 2. The molecule has 0 radical (unpaired) electrons. The van der Waals surface area contributed by atoms with Gasteiger partial charge in [0.25, 0.3) is 0 Å². The van der Waals surface area contributed by atoms with E-state index in [2.05, 4.69) is 5.10 Å². The predicted molar refractivity (Wildman–Crippen MR) is 68.4 cm³/mol. The Bertz CT molecular complexity index is 498. The Kier molecular flexibility index (Phi) is 3.15. The lowest BCUT2D eigenvalue weighted by atomic mass is 10.00. The van der Waals surface area contributed by atoms with Crippen molar-refractivity contribution in [2.75, 3.05) is 5.73 Å². The summed E-state index contributed by atoms with van der Waals surface area (Å²) in [5.41, 5.74) is 8.74. The molecule has 1 aromatic heterocycles. The second-order valence-electron chi connectivity index (χ2n) is 4.29. The molecule has 17 heavy (non-hydrogen) atoms. The van der Waals surface area contributed by atoms with E-state index in [-0.39, 0.29) is 6.10 Å². The maximum absolute atomic E-state index is 9.49. The van der Waals surface area contributed by atoms with E-state index in [1.54, 1.807) is 11.6 Å². The van der Waals surface area contributed by atoms with Gasteiger partial charge in [0, 0.05) is 18.7 Å². The van der Waals surface area contributed by atoms with Gasteiger partial charge in [0.2, 0.25) is 0 Å². The number of hydrogen-bond acceptors (Lipinski definition) is 3. The zero-order valence-electron chi connectivity index (χ0n) is 10.1. The minimum absolute atomic E-state index is 0.364. The van der Waals surface area contributed by atoms with E-state index >= 15 is 0 Å². The molecule has 3 N–H and O–H groups in total. The van der Waals surface area contributed by atoms with Crippen molar-refractivity contribution in [3.05, 3.63) is 35.9 Å². The Labute approximate surface area is 101 Å². The molecule has 90 valence electrons. The highest BCUT2D eigenvalue weighted by molar-refractivity contribution is 5.66. The Hall–Kier alpha value is -1.81. The number of aliphatic hydroxyl groups excluding tert-OH is 1. The van der Waals surface area contributed by atoms with Crippen LogP contribution in [0.5, 0.6) is 0 Å². The van der Waals surface area contributed by atoms with Gasteiger partial charge >= 0.3 is 0 Å². The summed E-state index contributed by atoms with van der Waals surface area (Å²) in [4.78, 5) is 0. The highest BCUT2D eigenvalue weighted by Crippen LogP contribution is 2.24. The van der Waals surface area contributed by atoms with Crippen LogP contribution in [0.25, 0.3) is 11.3 Å². The van der Waals surface area contributed by atoms with Crippen LogP contribution in [0.15, 0.2) is 30.3 Å². The summed E-state index contributed by atoms with van der Waals surface area (Å²) < 4.78 is 1.65. The van der Waals surface area contributed by atoms with Gasteiger partial charge in [-0.1, -0.05) is 24.3 Å². The molecule has 0 saturated heterocycles. The fourth-order valence-corrected chi connectivity index (χ4v) is 1.88. The van der Waals surface area contributed by atoms with Gasteiger partial charge in [-0.25, -0.2) is 0 Å². The molecule has 0 saturated carbocycles. The van der Waals surface area contributed by atoms with Crippen molar-refractivity contribution in [3.8, 4) is 11.3 Å². The van der Waals surface area contributed by atoms with Gasteiger partial charge < -0.3 is 10.8 Å². The lowest BCUT2D eigenvalue weighted by Crippen LogP contribution is -2.05. The van der Waals surface area contributed by atoms with Crippen molar-refractivity contribution >= 4 is 5.82 Å². The third kappa shape index (κ3) is 2.47. The van der Waals surface area contributed by atoms with Crippen LogP contribution >= 0.6 is 0 Å². The highest BCUT2D eigenvalue weighted by atomic mass is 16.3. The van der Waals surface area contributed by atoms with E-state index in [0.717, 1.165) is 16.8 Å². The molecule has 1 aromatic carbocycles. The van der Waals surface area contributed by atoms with E-state index < -0.39 is 0 Å². The van der Waals surface area contributed by atoms with E-state index in [0.29, 0.717) is 12.2 Å². The first-order valence-electron chi connectivity index (χ1n) is 5.64. The monoisotopic (exact) mass is 231 g/mol. The number of nitrogen functional groups attached to an aromatic ring is 1. The third-order valence-electron chi connectivity index (χ3n) is 2.72. The summed E-state index contributed by atoms with van der Waals surface area (Å²) in [5, 5.41) is 13.8. The minimum Gasteiger partial charge on any atom is -0.393 e. The first-order chi connectivity index (χ1) is 8.08. The molecule has 0 aliphatic heterocycles. The Morgan fingerprint density at radius 3 is 2.71 bits per heavy atom. The van der Waals surface area contributed by atoms with Gasteiger partial charge in [0.15, 0.2) is 0 Å². The number of rotatable bonds is 3. The highest BCUT2D eigenvalue weighted by Gasteiger charge is 2.10. The topological polar surface area (TPSA) is 64.1 Å². The Morgan fingerprint density at radius 2 is 2.12 bits per heavy atom. The van der Waals surface area contributed by atoms with Crippen molar-refractivity contribution in [1.29, 1.82) is 0 Å². The smallest absolute Gasteiger partial charge is 0.121 e. The average Bonchev–Trinajstić information content (AvgIpc) is 2.59. The van der Waals surface area contributed by atoms with E-state index in [1.807, 2.05) is 37.4 Å². The molecule has 2 aromatic rings. The van der Waals surface area contributed by atoms with Crippen molar-refractivity contribution in [2.24, 2.45) is 7.05 Å². The molecule has 1 unspecified atom stereocenters. The molecule has 4 nitrogen and oxygen atoms in total. The number of aryl methyl sites for hydroxylation is 1. The van der Waals surface area contributed by atoms with Crippen molar-refractivity contribution < 1.29 is 5.11 Å². The fourth-order valence-electron chi connectivity index (χ4n) is 1.88. The number of benzene rings is 1. The van der Waals surface area contributed by atoms with Gasteiger partial charge in [-0.3, -0.25) is 4.68 Å². The summed E-state index contributed by atoms with van der Waals surface area (Å²) in [7, 11) is 1.82. The van der Waals surface area contributed by atoms with Crippen LogP contribution < -0.4 is 5.73 Å². The summed E-state index contributed by atoms with van der Waals surface area (Å²) in [6.07, 6.45) is 0.254. The SMILES string of the molecule is CC(O)Cc1ccccc1-c1cc(N)n(C)n1. The lowest BCUT2D eigenvalue weighted by molar-refractivity contribution is 0.195. The summed E-state index contributed by atoms with van der Waals surface area (Å²) in [5.74, 6) is 0.631. The minimum atomic E-state index is -0.364. The largest absolute Gasteiger partial charge is 0.393 e. The van der Waals surface area contributed by atoms with Crippen LogP contribution in [-0.2, 0) is 13.5 Å². The van der Waals surface area contributed by atoms with Crippen molar-refractivity contribution in [2.45, 2.75) is 19.4 Å². The average molecular weight is 231 g/mol. The Morgan fingerprint density at radius 1 is 1.41 bits per heavy atom. The van der Waals surface area contributed by atoms with Gasteiger partial charge in [-0.2, -0.15) is 5.10 Å². The van der Waals surface area contributed by atoms with Crippen LogP contribution in [0.4, 0.5) is 5.82 Å². The molecule has 0 amide bonds. The van der Waals surface area contributed by atoms with E-state index in [4.69, 9.17) is 5.73 Å². The zero-order valence-corrected chi connectivity index (χ0v) is 10.1. The first kappa shape index (κ1) is 11.7. The van der Waals surface area contributed by atoms with Crippen LogP contribution in [-0.4, -0.2) is 21.0 Å². The maximum Gasteiger partial charge on any atom is 0.121 e. The number of nitrogens with two attached hydrogens (primary N) is 1. The summed E-state index contributed by atoms with van der Waals surface area (Å²) in [6, 6.07) is 9.78. The standard InChI is InChI=1S/C13H17N3O/c1-9(17)7-10-5-3-4-6-11(10)12-8-13(14)16(2)15-12/h3-6,8-9,17H,7,14H2,1-2H3. The number of nitrogens with zero attached hydrogens (tertiary/aromatic N) is 2. The van der Waals surface area contributed by atoms with Gasteiger partial charge in [-0.05, 0) is 18.9 Å². The zero-order chi connectivity index (χ0) is 12.4. The maximum atomic E-state index is 9.49. The normalized spacial score (nSPS) is 12.6. The molecule has 4 heteroatoms. The molecular weight excluding hydrogens is 214 g/mol. The second kappa shape index (κ2) is 4.59. The molecule has 0 bridgehead atoms. The second-order valence-corrected chi connectivity index (χ2v) is 4.29. The summed E-state index contributed by atoms with van der Waals surface area (Å²) >= 11 is 0. The van der Waals surface area contributed by atoms with Gasteiger partial charge in [0.1, 0.15) is 5.82 Å². The first-order valence-corrected chi connectivity index (χ1v) is 5.64. The number of anilines is 1. The van der Waals surface area contributed by atoms with E-state index in [9.17, 15) is 5.11 Å².